The van der Waals surface area contributed by atoms with Gasteiger partial charge in [0.15, 0.2) is 17.3 Å². The zero-order valence-electron chi connectivity index (χ0n) is 16.3. The fourth-order valence-electron chi connectivity index (χ4n) is 3.49. The molecule has 0 aliphatic carbocycles. The van der Waals surface area contributed by atoms with Crippen LogP contribution < -0.4 is 0 Å². The van der Waals surface area contributed by atoms with Crippen LogP contribution >= 0.6 is 0 Å². The summed E-state index contributed by atoms with van der Waals surface area (Å²) in [5, 5.41) is 22.6. The lowest BCUT2D eigenvalue weighted by molar-refractivity contribution is 0.0823. The van der Waals surface area contributed by atoms with Crippen LogP contribution in [0.1, 0.15) is 30.8 Å². The number of carbonyl (C=O) groups excluding carboxylic acids is 1. The summed E-state index contributed by atoms with van der Waals surface area (Å²) in [4.78, 5) is 22.1. The number of fused-ring (bicyclic) bond motifs is 1. The van der Waals surface area contributed by atoms with Gasteiger partial charge in [-0.15, -0.1) is 0 Å². The number of furan rings is 1. The van der Waals surface area contributed by atoms with Crippen molar-refractivity contribution in [2.45, 2.75) is 25.7 Å². The van der Waals surface area contributed by atoms with Crippen LogP contribution in [0, 0.1) is 17.2 Å². The molecule has 0 aromatic carbocycles. The number of aliphatic hydroxyl groups is 1. The van der Waals surface area contributed by atoms with Gasteiger partial charge in [0.05, 0.1) is 12.0 Å². The molecule has 0 atom stereocenters. The molecular weight excluding hydrogens is 390 g/mol. The molecule has 0 saturated carbocycles. The van der Waals surface area contributed by atoms with Gasteiger partial charge in [-0.05, 0) is 24.8 Å². The largest absolute Gasteiger partial charge is 0.451 e. The zero-order chi connectivity index (χ0) is 20.9. The number of hydrogen-bond acceptors (Lipinski definition) is 9. The quantitative estimate of drug-likeness (QED) is 0.606. The monoisotopic (exact) mass is 411 g/mol. The van der Waals surface area contributed by atoms with Gasteiger partial charge in [0.25, 0.3) is 5.89 Å². The van der Waals surface area contributed by atoms with E-state index in [1.807, 2.05) is 6.07 Å². The van der Waals surface area contributed by atoms with Gasteiger partial charge in [-0.1, -0.05) is 5.16 Å². The lowest BCUT2D eigenvalue weighted by atomic mass is 9.93. The van der Waals surface area contributed by atoms with E-state index < -0.39 is 0 Å². The van der Waals surface area contributed by atoms with Crippen LogP contribution in [0.3, 0.4) is 0 Å². The molecule has 4 rings (SSSR count). The van der Waals surface area contributed by atoms with E-state index in [4.69, 9.17) is 24.0 Å². The fourth-order valence-corrected chi connectivity index (χ4v) is 3.49. The minimum atomic E-state index is -0.333. The van der Waals surface area contributed by atoms with Crippen molar-refractivity contribution in [1.29, 1.82) is 5.26 Å². The third-order valence-corrected chi connectivity index (χ3v) is 5.10. The highest BCUT2D eigenvalue weighted by atomic mass is 16.6. The second-order valence-electron chi connectivity index (χ2n) is 7.14. The molecule has 1 aliphatic rings. The van der Waals surface area contributed by atoms with Crippen molar-refractivity contribution in [3.8, 4) is 17.7 Å². The molecule has 156 valence electrons. The molecule has 4 heterocycles. The Kier molecular flexibility index (Phi) is 5.90. The standard InChI is InChI=1S/C20H21N5O5/c21-12-15-14-11-17(29-16(14)2-5-22-15)19-23-18(24-30-19)10-13-3-6-25(7-4-13)20(27)28-9-1-8-26/h2,5,11,13,26H,1,3-4,6-10H2. The summed E-state index contributed by atoms with van der Waals surface area (Å²) in [5.74, 6) is 1.57. The number of nitrogens with zero attached hydrogens (tertiary/aromatic N) is 5. The van der Waals surface area contributed by atoms with Gasteiger partial charge in [-0.2, -0.15) is 10.2 Å². The number of pyridine rings is 1. The maximum absolute atomic E-state index is 12.0. The Morgan fingerprint density at radius 2 is 2.23 bits per heavy atom. The Bertz CT molecular complexity index is 1060. The maximum Gasteiger partial charge on any atom is 0.409 e. The van der Waals surface area contributed by atoms with Crippen LogP contribution in [-0.2, 0) is 11.2 Å². The molecule has 0 bridgehead atoms. The minimum absolute atomic E-state index is 0.00640. The Balaban J connectivity index is 1.35. The van der Waals surface area contributed by atoms with Crippen LogP contribution in [0.5, 0.6) is 0 Å². The molecule has 0 unspecified atom stereocenters. The molecule has 3 aromatic heterocycles. The summed E-state index contributed by atoms with van der Waals surface area (Å²) in [6, 6.07) is 5.39. The number of carbonyl (C=O) groups is 1. The smallest absolute Gasteiger partial charge is 0.409 e. The average molecular weight is 411 g/mol. The van der Waals surface area contributed by atoms with Crippen LogP contribution in [0.15, 0.2) is 27.3 Å². The van der Waals surface area contributed by atoms with E-state index in [1.165, 1.54) is 6.20 Å². The van der Waals surface area contributed by atoms with Crippen molar-refractivity contribution in [1.82, 2.24) is 20.0 Å². The van der Waals surface area contributed by atoms with Gasteiger partial charge in [-0.25, -0.2) is 9.78 Å². The summed E-state index contributed by atoms with van der Waals surface area (Å²) >= 11 is 0. The normalized spacial score (nSPS) is 14.7. The topological polar surface area (TPSA) is 139 Å². The van der Waals surface area contributed by atoms with Gasteiger partial charge in [0.2, 0.25) is 0 Å². The molecule has 30 heavy (non-hydrogen) atoms. The predicted molar refractivity (Wildman–Crippen MR) is 103 cm³/mol. The van der Waals surface area contributed by atoms with E-state index >= 15 is 0 Å². The summed E-state index contributed by atoms with van der Waals surface area (Å²) < 4.78 is 16.2. The first kappa shape index (κ1) is 19.8. The number of nitriles is 1. The summed E-state index contributed by atoms with van der Waals surface area (Å²) in [5.41, 5.74) is 0.818. The van der Waals surface area contributed by atoms with E-state index in [0.717, 1.165) is 12.8 Å². The Hall–Kier alpha value is -3.45. The Morgan fingerprint density at radius 1 is 1.40 bits per heavy atom. The number of piperidine rings is 1. The molecule has 1 aliphatic heterocycles. The molecule has 10 heteroatoms. The van der Waals surface area contributed by atoms with Crippen molar-refractivity contribution in [2.75, 3.05) is 26.3 Å². The Labute approximate surface area is 172 Å². The molecule has 1 N–H and O–H groups in total. The molecule has 1 saturated heterocycles. The number of aromatic nitrogens is 3. The number of hydrogen-bond donors (Lipinski definition) is 1. The number of rotatable bonds is 6. The van der Waals surface area contributed by atoms with Gasteiger partial charge in [0.1, 0.15) is 11.7 Å². The van der Waals surface area contributed by atoms with Crippen molar-refractivity contribution < 1.29 is 23.6 Å². The number of likely N-dealkylation sites (tertiary alicyclic amines) is 1. The van der Waals surface area contributed by atoms with Gasteiger partial charge >= 0.3 is 6.09 Å². The van der Waals surface area contributed by atoms with Crippen molar-refractivity contribution in [3.05, 3.63) is 29.8 Å². The van der Waals surface area contributed by atoms with E-state index in [9.17, 15) is 4.79 Å². The highest BCUT2D eigenvalue weighted by Crippen LogP contribution is 2.29. The Morgan fingerprint density at radius 3 is 3.00 bits per heavy atom. The van der Waals surface area contributed by atoms with Gasteiger partial charge in [0, 0.05) is 44.8 Å². The summed E-state index contributed by atoms with van der Waals surface area (Å²) in [6.07, 6.45) is 3.91. The van der Waals surface area contributed by atoms with Crippen LogP contribution in [0.4, 0.5) is 4.79 Å². The highest BCUT2D eigenvalue weighted by molar-refractivity contribution is 5.85. The van der Waals surface area contributed by atoms with Crippen LogP contribution in [0.25, 0.3) is 22.6 Å². The third kappa shape index (κ3) is 4.26. The van der Waals surface area contributed by atoms with E-state index in [1.54, 1.807) is 17.0 Å². The molecule has 3 aromatic rings. The molecule has 1 fully saturated rings. The van der Waals surface area contributed by atoms with Crippen molar-refractivity contribution in [2.24, 2.45) is 5.92 Å². The second-order valence-corrected chi connectivity index (χ2v) is 7.14. The predicted octanol–water partition coefficient (Wildman–Crippen LogP) is 2.52. The van der Waals surface area contributed by atoms with Crippen molar-refractivity contribution >= 4 is 17.1 Å². The minimum Gasteiger partial charge on any atom is -0.451 e. The maximum atomic E-state index is 12.0. The first-order valence-corrected chi connectivity index (χ1v) is 9.82. The molecule has 1 amide bonds. The molecule has 10 nitrogen and oxygen atoms in total. The lowest BCUT2D eigenvalue weighted by Gasteiger charge is -2.30. The first-order valence-electron chi connectivity index (χ1n) is 9.82. The number of amides is 1. The second kappa shape index (κ2) is 8.92. The molecule has 0 spiro atoms. The summed E-state index contributed by atoms with van der Waals surface area (Å²) in [7, 11) is 0. The van der Waals surface area contributed by atoms with Crippen LogP contribution in [-0.4, -0.2) is 57.5 Å². The highest BCUT2D eigenvalue weighted by Gasteiger charge is 2.25. The van der Waals surface area contributed by atoms with Gasteiger partial charge in [-0.3, -0.25) is 0 Å². The SMILES string of the molecule is N#Cc1nccc2oc(-c3nc(CC4CCN(C(=O)OCCCO)CC4)no3)cc12. The van der Waals surface area contributed by atoms with E-state index in [2.05, 4.69) is 15.1 Å². The zero-order valence-corrected chi connectivity index (χ0v) is 16.3. The molecule has 0 radical (unpaired) electrons. The lowest BCUT2D eigenvalue weighted by Crippen LogP contribution is -2.39. The molecular formula is C20H21N5O5. The fraction of sp³-hybridized carbons (Fsp3) is 0.450. The summed E-state index contributed by atoms with van der Waals surface area (Å²) in [6.45, 7) is 1.46. The number of aliphatic hydroxyl groups excluding tert-OH is 1. The average Bonchev–Trinajstić information content (AvgIpc) is 3.41. The number of ether oxygens (including phenoxy) is 1. The first-order chi connectivity index (χ1) is 14.7. The van der Waals surface area contributed by atoms with Gasteiger partial charge < -0.3 is 23.7 Å². The van der Waals surface area contributed by atoms with Crippen LogP contribution in [0.2, 0.25) is 0 Å². The third-order valence-electron chi connectivity index (χ3n) is 5.10. The van der Waals surface area contributed by atoms with Crippen molar-refractivity contribution in [3.63, 3.8) is 0 Å². The van der Waals surface area contributed by atoms with E-state index in [-0.39, 0.29) is 30.9 Å². The van der Waals surface area contributed by atoms with E-state index in [0.29, 0.717) is 54.4 Å².